The number of piperazine rings is 1. The summed E-state index contributed by atoms with van der Waals surface area (Å²) in [6, 6.07) is 13.9. The highest BCUT2D eigenvalue weighted by atomic mass is 16.5. The topological polar surface area (TPSA) is 53.1 Å². The van der Waals surface area contributed by atoms with E-state index < -0.39 is 5.91 Å². The molecule has 0 unspecified atom stereocenters. The third-order valence-corrected chi connectivity index (χ3v) is 5.81. The molecule has 2 aromatic carbocycles. The Kier molecular flexibility index (Phi) is 5.28. The van der Waals surface area contributed by atoms with Crippen molar-refractivity contribution in [2.45, 2.75) is 19.8 Å². The SMILES string of the molecule is COc1ccc(N2CCN(CN3C(=O)C(=O)c4cc(C(C)C)ccc43)CC2)cc1. The summed E-state index contributed by atoms with van der Waals surface area (Å²) in [5, 5.41) is 0. The van der Waals surface area contributed by atoms with Crippen molar-refractivity contribution in [2.24, 2.45) is 0 Å². The van der Waals surface area contributed by atoms with Crippen LogP contribution in [0.4, 0.5) is 11.4 Å². The van der Waals surface area contributed by atoms with Crippen molar-refractivity contribution < 1.29 is 14.3 Å². The molecule has 2 aliphatic rings. The molecule has 152 valence electrons. The molecule has 4 rings (SSSR count). The van der Waals surface area contributed by atoms with E-state index >= 15 is 0 Å². The van der Waals surface area contributed by atoms with Gasteiger partial charge in [0.15, 0.2) is 0 Å². The van der Waals surface area contributed by atoms with Crippen molar-refractivity contribution in [1.29, 1.82) is 0 Å². The Morgan fingerprint density at radius 1 is 0.966 bits per heavy atom. The highest BCUT2D eigenvalue weighted by molar-refractivity contribution is 6.52. The number of methoxy groups -OCH3 is 1. The van der Waals surface area contributed by atoms with Gasteiger partial charge in [0.05, 0.1) is 25.0 Å². The number of nitrogens with zero attached hydrogens (tertiary/aromatic N) is 3. The lowest BCUT2D eigenvalue weighted by molar-refractivity contribution is -0.114. The van der Waals surface area contributed by atoms with E-state index in [4.69, 9.17) is 4.74 Å². The number of Topliss-reactive ketones (excluding diaryl/α,β-unsaturated/α-hetero) is 1. The van der Waals surface area contributed by atoms with E-state index in [2.05, 4.69) is 35.8 Å². The van der Waals surface area contributed by atoms with Crippen LogP contribution in [0.1, 0.15) is 35.7 Å². The number of carbonyl (C=O) groups excluding carboxylic acids is 2. The molecule has 0 aliphatic carbocycles. The van der Waals surface area contributed by atoms with Crippen LogP contribution in [0.3, 0.4) is 0 Å². The summed E-state index contributed by atoms with van der Waals surface area (Å²) in [6.45, 7) is 8.05. The van der Waals surface area contributed by atoms with Crippen LogP contribution in [0.2, 0.25) is 0 Å². The molecule has 0 atom stereocenters. The van der Waals surface area contributed by atoms with Crippen LogP contribution < -0.4 is 14.5 Å². The molecule has 0 bridgehead atoms. The number of amides is 1. The van der Waals surface area contributed by atoms with Crippen LogP contribution in [0.5, 0.6) is 5.75 Å². The first-order valence-electron chi connectivity index (χ1n) is 10.1. The second-order valence-electron chi connectivity index (χ2n) is 7.94. The summed E-state index contributed by atoms with van der Waals surface area (Å²) in [5.74, 6) is 0.366. The number of hydrogen-bond donors (Lipinski definition) is 0. The predicted octanol–water partition coefficient (Wildman–Crippen LogP) is 3.13. The summed E-state index contributed by atoms with van der Waals surface area (Å²) in [4.78, 5) is 31.3. The van der Waals surface area contributed by atoms with E-state index in [1.807, 2.05) is 30.3 Å². The fourth-order valence-corrected chi connectivity index (χ4v) is 3.96. The first kappa shape index (κ1) is 19.5. The molecule has 1 saturated heterocycles. The number of rotatable bonds is 5. The van der Waals surface area contributed by atoms with E-state index in [9.17, 15) is 9.59 Å². The predicted molar refractivity (Wildman–Crippen MR) is 114 cm³/mol. The molecule has 2 aliphatic heterocycles. The van der Waals surface area contributed by atoms with Crippen LogP contribution in [-0.4, -0.2) is 56.5 Å². The average Bonchev–Trinajstić information content (AvgIpc) is 2.99. The number of ketones is 1. The Bertz CT molecular complexity index is 915. The van der Waals surface area contributed by atoms with Crippen molar-refractivity contribution >= 4 is 23.1 Å². The fraction of sp³-hybridized carbons (Fsp3) is 0.391. The highest BCUT2D eigenvalue weighted by Crippen LogP contribution is 2.32. The summed E-state index contributed by atoms with van der Waals surface area (Å²) in [7, 11) is 1.67. The smallest absolute Gasteiger partial charge is 0.300 e. The zero-order valence-corrected chi connectivity index (χ0v) is 17.2. The first-order chi connectivity index (χ1) is 14.0. The van der Waals surface area contributed by atoms with Gasteiger partial charge in [-0.2, -0.15) is 0 Å². The van der Waals surface area contributed by atoms with E-state index in [1.54, 1.807) is 12.0 Å². The van der Waals surface area contributed by atoms with Gasteiger partial charge in [-0.25, -0.2) is 0 Å². The third-order valence-electron chi connectivity index (χ3n) is 5.81. The lowest BCUT2D eigenvalue weighted by atomic mass is 9.99. The maximum absolute atomic E-state index is 12.6. The number of anilines is 2. The average molecular weight is 393 g/mol. The zero-order chi connectivity index (χ0) is 20.5. The van der Waals surface area contributed by atoms with Gasteiger partial charge in [0.2, 0.25) is 0 Å². The van der Waals surface area contributed by atoms with Crippen LogP contribution in [0.25, 0.3) is 0 Å². The minimum absolute atomic E-state index is 0.322. The zero-order valence-electron chi connectivity index (χ0n) is 17.2. The van der Waals surface area contributed by atoms with Gasteiger partial charge in [0.25, 0.3) is 5.78 Å². The van der Waals surface area contributed by atoms with E-state index in [0.717, 1.165) is 43.2 Å². The Hall–Kier alpha value is -2.86. The standard InChI is InChI=1S/C23H27N3O3/c1-16(2)17-4-9-21-20(14-17)22(27)23(28)26(21)15-24-10-12-25(13-11-24)18-5-7-19(29-3)8-6-18/h4-9,14,16H,10-13,15H2,1-3H3. The largest absolute Gasteiger partial charge is 0.497 e. The van der Waals surface area contributed by atoms with E-state index in [0.29, 0.717) is 18.2 Å². The molecule has 1 fully saturated rings. The van der Waals surface area contributed by atoms with Gasteiger partial charge >= 0.3 is 5.91 Å². The minimum atomic E-state index is -0.418. The monoisotopic (exact) mass is 393 g/mol. The quantitative estimate of drug-likeness (QED) is 0.731. The maximum atomic E-state index is 12.6. The molecule has 29 heavy (non-hydrogen) atoms. The third kappa shape index (κ3) is 3.72. The number of fused-ring (bicyclic) bond motifs is 1. The fourth-order valence-electron chi connectivity index (χ4n) is 3.96. The lowest BCUT2D eigenvalue weighted by Crippen LogP contribution is -2.51. The molecule has 0 aromatic heterocycles. The highest BCUT2D eigenvalue weighted by Gasteiger charge is 2.37. The molecule has 6 nitrogen and oxygen atoms in total. The maximum Gasteiger partial charge on any atom is 0.300 e. The van der Waals surface area contributed by atoms with Crippen molar-refractivity contribution in [3.05, 3.63) is 53.6 Å². The Balaban J connectivity index is 1.42. The molecule has 0 radical (unpaired) electrons. The van der Waals surface area contributed by atoms with Gasteiger partial charge in [-0.1, -0.05) is 19.9 Å². The molecule has 0 spiro atoms. The molecule has 0 saturated carbocycles. The second kappa shape index (κ2) is 7.87. The van der Waals surface area contributed by atoms with Gasteiger partial charge in [-0.05, 0) is 47.9 Å². The van der Waals surface area contributed by atoms with Gasteiger partial charge < -0.3 is 9.64 Å². The van der Waals surface area contributed by atoms with Crippen LogP contribution in [0.15, 0.2) is 42.5 Å². The van der Waals surface area contributed by atoms with Crippen molar-refractivity contribution in [2.75, 3.05) is 49.8 Å². The number of benzene rings is 2. The summed E-state index contributed by atoms with van der Waals surface area (Å²) in [6.07, 6.45) is 0. The number of carbonyl (C=O) groups is 2. The molecular weight excluding hydrogens is 366 g/mol. The van der Waals surface area contributed by atoms with Gasteiger partial charge in [-0.3, -0.25) is 19.4 Å². The Morgan fingerprint density at radius 3 is 2.28 bits per heavy atom. The molecular formula is C23H27N3O3. The molecule has 1 amide bonds. The Morgan fingerprint density at radius 2 is 1.66 bits per heavy atom. The number of hydrogen-bond acceptors (Lipinski definition) is 5. The molecule has 0 N–H and O–H groups in total. The number of ether oxygens (including phenoxy) is 1. The first-order valence-corrected chi connectivity index (χ1v) is 10.1. The van der Waals surface area contributed by atoms with Crippen molar-refractivity contribution in [3.8, 4) is 5.75 Å². The second-order valence-corrected chi connectivity index (χ2v) is 7.94. The normalized spacial score (nSPS) is 17.2. The van der Waals surface area contributed by atoms with Gasteiger partial charge in [0, 0.05) is 31.9 Å². The van der Waals surface area contributed by atoms with Crippen LogP contribution in [0, 0.1) is 0 Å². The van der Waals surface area contributed by atoms with Crippen LogP contribution in [-0.2, 0) is 4.79 Å². The van der Waals surface area contributed by atoms with Crippen molar-refractivity contribution in [3.63, 3.8) is 0 Å². The van der Waals surface area contributed by atoms with E-state index in [-0.39, 0.29) is 5.78 Å². The molecule has 2 aromatic rings. The summed E-state index contributed by atoms with van der Waals surface area (Å²) >= 11 is 0. The molecule has 2 heterocycles. The molecule has 6 heteroatoms. The summed E-state index contributed by atoms with van der Waals surface area (Å²) in [5.41, 5.74) is 3.53. The van der Waals surface area contributed by atoms with Gasteiger partial charge in [-0.15, -0.1) is 0 Å². The lowest BCUT2D eigenvalue weighted by Gasteiger charge is -2.37. The minimum Gasteiger partial charge on any atom is -0.497 e. The van der Waals surface area contributed by atoms with Gasteiger partial charge in [0.1, 0.15) is 5.75 Å². The summed E-state index contributed by atoms with van der Waals surface area (Å²) < 4.78 is 5.22. The van der Waals surface area contributed by atoms with E-state index in [1.165, 1.54) is 5.69 Å². The van der Waals surface area contributed by atoms with Crippen molar-refractivity contribution in [1.82, 2.24) is 4.90 Å². The Labute approximate surface area is 171 Å². The van der Waals surface area contributed by atoms with Crippen LogP contribution >= 0.6 is 0 Å².